The van der Waals surface area contributed by atoms with Crippen LogP contribution in [0.25, 0.3) is 0 Å². The molecule has 0 aliphatic heterocycles. The van der Waals surface area contributed by atoms with E-state index in [1.54, 1.807) is 22.6 Å². The molecule has 0 bridgehead atoms. The van der Waals surface area contributed by atoms with E-state index in [4.69, 9.17) is 0 Å². The van der Waals surface area contributed by atoms with Gasteiger partial charge in [-0.15, -0.1) is 5.54 Å². The molecular weight excluding hydrogens is 435 g/mol. The molecule has 0 heterocycles. The molecular formula is C13H21IN2O6Si. The van der Waals surface area contributed by atoms with Crippen molar-refractivity contribution in [3.63, 3.8) is 0 Å². The van der Waals surface area contributed by atoms with Crippen LogP contribution in [0.4, 0.5) is 0 Å². The zero-order valence-electron chi connectivity index (χ0n) is 14.2. The summed E-state index contributed by atoms with van der Waals surface area (Å²) in [6.07, 6.45) is 0. The van der Waals surface area contributed by atoms with Crippen molar-refractivity contribution in [1.82, 2.24) is 0 Å². The van der Waals surface area contributed by atoms with E-state index in [0.29, 0.717) is 0 Å². The first-order valence-electron chi connectivity index (χ1n) is 6.20. The quantitative estimate of drug-likeness (QED) is 0.159. The maximum Gasteiger partial charge on any atom is 0.368 e. The van der Waals surface area contributed by atoms with E-state index in [2.05, 4.69) is 60.6 Å². The van der Waals surface area contributed by atoms with Crippen LogP contribution in [-0.4, -0.2) is 57.9 Å². The van der Waals surface area contributed by atoms with Gasteiger partial charge in [-0.25, -0.2) is 9.59 Å². The second-order valence-electron chi connectivity index (χ2n) is 4.67. The zero-order valence-corrected chi connectivity index (χ0v) is 17.4. The van der Waals surface area contributed by atoms with Gasteiger partial charge in [-0.3, -0.25) is 0 Å². The molecule has 0 fully saturated rings. The molecule has 8 nitrogen and oxygen atoms in total. The minimum atomic E-state index is -1.51. The number of methoxy groups -OCH3 is 2. The van der Waals surface area contributed by atoms with E-state index in [1.807, 2.05) is 0 Å². The van der Waals surface area contributed by atoms with Crippen LogP contribution >= 0.6 is 22.6 Å². The predicted octanol–water partition coefficient (Wildman–Crippen LogP) is 1.60. The van der Waals surface area contributed by atoms with Gasteiger partial charge in [0.15, 0.2) is 0 Å². The van der Waals surface area contributed by atoms with Crippen LogP contribution in [0, 0.1) is 11.5 Å². The fraction of sp³-hybridized carbons (Fsp3) is 0.538. The third-order valence-corrected chi connectivity index (χ3v) is 3.15. The van der Waals surface area contributed by atoms with Gasteiger partial charge in [0.2, 0.25) is 9.43 Å². The van der Waals surface area contributed by atoms with Crippen LogP contribution < -0.4 is 0 Å². The highest BCUT2D eigenvalue weighted by atomic mass is 127. The van der Waals surface area contributed by atoms with Crippen LogP contribution in [0.2, 0.25) is 19.6 Å². The number of carbonyl (C=O) groups excluding carboxylic acids is 2. The summed E-state index contributed by atoms with van der Waals surface area (Å²) in [5.74, 6) is 1.61. The number of esters is 2. The van der Waals surface area contributed by atoms with Gasteiger partial charge in [0.1, 0.15) is 22.3 Å². The largest absolute Gasteiger partial charge is 0.464 e. The molecule has 130 valence electrons. The minimum absolute atomic E-state index is 0.0115. The number of hydrogen-bond acceptors (Lipinski definition) is 8. The smallest absolute Gasteiger partial charge is 0.368 e. The first kappa shape index (κ1) is 23.7. The molecule has 0 amide bonds. The molecule has 0 aliphatic rings. The van der Waals surface area contributed by atoms with E-state index in [-0.39, 0.29) is 9.43 Å². The van der Waals surface area contributed by atoms with Crippen molar-refractivity contribution in [2.24, 2.45) is 10.3 Å². The third-order valence-electron chi connectivity index (χ3n) is 1.64. The highest BCUT2D eigenvalue weighted by molar-refractivity contribution is 14.1. The molecule has 0 aliphatic carbocycles. The third kappa shape index (κ3) is 13.8. The van der Waals surface area contributed by atoms with Crippen molar-refractivity contribution in [2.75, 3.05) is 28.4 Å². The lowest BCUT2D eigenvalue weighted by Crippen LogP contribution is -2.19. The first-order valence-corrected chi connectivity index (χ1v) is 10.8. The summed E-state index contributed by atoms with van der Waals surface area (Å²) in [5, 5.41) is 6.81. The van der Waals surface area contributed by atoms with Crippen molar-refractivity contribution in [3.05, 3.63) is 0 Å². The number of oxime groups is 2. The lowest BCUT2D eigenvalue weighted by atomic mass is 10.4. The monoisotopic (exact) mass is 456 g/mol. The average Bonchev–Trinajstić information content (AvgIpc) is 2.49. The molecule has 0 spiro atoms. The van der Waals surface area contributed by atoms with Crippen molar-refractivity contribution >= 4 is 52.0 Å². The Morgan fingerprint density at radius 2 is 1.39 bits per heavy atom. The fourth-order valence-electron chi connectivity index (χ4n) is 0.747. The highest BCUT2D eigenvalue weighted by Gasteiger charge is 2.12. The Morgan fingerprint density at radius 1 is 0.913 bits per heavy atom. The zero-order chi connectivity index (χ0) is 18.5. The Labute approximate surface area is 150 Å². The summed E-state index contributed by atoms with van der Waals surface area (Å²) < 4.78 is 8.98. The Morgan fingerprint density at radius 3 is 1.74 bits per heavy atom. The van der Waals surface area contributed by atoms with Crippen molar-refractivity contribution in [2.45, 2.75) is 19.6 Å². The van der Waals surface area contributed by atoms with Gasteiger partial charge in [-0.05, 0) is 28.5 Å². The van der Waals surface area contributed by atoms with Gasteiger partial charge in [-0.2, -0.15) is 0 Å². The Hall–Kier alpha value is -1.61. The number of nitrogens with zero attached hydrogens (tertiary/aromatic N) is 2. The van der Waals surface area contributed by atoms with E-state index < -0.39 is 20.0 Å². The van der Waals surface area contributed by atoms with Gasteiger partial charge in [0.05, 0.1) is 14.2 Å². The summed E-state index contributed by atoms with van der Waals surface area (Å²) >= 11 is 1.72. The van der Waals surface area contributed by atoms with E-state index in [0.717, 1.165) is 0 Å². The summed E-state index contributed by atoms with van der Waals surface area (Å²) in [7, 11) is 3.78. The van der Waals surface area contributed by atoms with Crippen LogP contribution in [0.1, 0.15) is 0 Å². The standard InChI is InChI=1S/C9H15NO3Si.C4H6INO3/c1-12-9(11)8(10-13-2)6-7-14(3,4)5;1-8-4(7)3(5)6-9-2/h1-5H3;1-2H3/b10-8+;6-3-. The summed E-state index contributed by atoms with van der Waals surface area (Å²) in [4.78, 5) is 30.4. The molecule has 0 aromatic rings. The molecule has 0 saturated carbocycles. The predicted molar refractivity (Wildman–Crippen MR) is 98.1 cm³/mol. The van der Waals surface area contributed by atoms with Crippen LogP contribution in [0.5, 0.6) is 0 Å². The topological polar surface area (TPSA) is 95.8 Å². The molecule has 0 aromatic heterocycles. The SMILES string of the molecule is CO/N=C(\C#C[Si](C)(C)C)C(=O)OC.CO/N=C(\I)C(=O)OC. The molecule has 0 rings (SSSR count). The van der Waals surface area contributed by atoms with Crippen molar-refractivity contribution in [3.8, 4) is 11.5 Å². The first-order chi connectivity index (χ1) is 10.6. The normalized spacial score (nSPS) is 11.1. The molecule has 0 atom stereocenters. The maximum absolute atomic E-state index is 11.1. The van der Waals surface area contributed by atoms with Crippen LogP contribution in [0.3, 0.4) is 0 Å². The summed E-state index contributed by atoms with van der Waals surface area (Å²) in [6.45, 7) is 6.21. The number of rotatable bonds is 4. The van der Waals surface area contributed by atoms with Crippen LogP contribution in [0.15, 0.2) is 10.3 Å². The van der Waals surface area contributed by atoms with Crippen LogP contribution in [-0.2, 0) is 28.7 Å². The lowest BCUT2D eigenvalue weighted by molar-refractivity contribution is -0.133. The minimum Gasteiger partial charge on any atom is -0.464 e. The molecule has 23 heavy (non-hydrogen) atoms. The maximum atomic E-state index is 11.1. The lowest BCUT2D eigenvalue weighted by Gasteiger charge is -2.03. The average molecular weight is 456 g/mol. The van der Waals surface area contributed by atoms with E-state index in [1.165, 1.54) is 28.4 Å². The van der Waals surface area contributed by atoms with E-state index in [9.17, 15) is 9.59 Å². The molecule has 10 heteroatoms. The second-order valence-corrected chi connectivity index (χ2v) is 10.4. The summed E-state index contributed by atoms with van der Waals surface area (Å²) in [5.41, 5.74) is 3.01. The highest BCUT2D eigenvalue weighted by Crippen LogP contribution is 1.96. The fourth-order valence-corrected chi connectivity index (χ4v) is 1.66. The molecule has 0 unspecified atom stereocenters. The Bertz CT molecular complexity index is 517. The molecule has 0 N–H and O–H groups in total. The van der Waals surface area contributed by atoms with Crippen molar-refractivity contribution < 1.29 is 28.7 Å². The number of hydrogen-bond donors (Lipinski definition) is 0. The van der Waals surface area contributed by atoms with Gasteiger partial charge in [-0.1, -0.05) is 30.0 Å². The molecule has 0 radical (unpaired) electrons. The Kier molecular flexibility index (Phi) is 13.2. The number of halogens is 1. The number of carbonyl (C=O) groups is 2. The number of ether oxygens (including phenoxy) is 2. The van der Waals surface area contributed by atoms with Gasteiger partial charge in [0.25, 0.3) is 0 Å². The van der Waals surface area contributed by atoms with Gasteiger partial charge in [0, 0.05) is 0 Å². The summed E-state index contributed by atoms with van der Waals surface area (Å²) in [6, 6.07) is 0. The van der Waals surface area contributed by atoms with Gasteiger partial charge < -0.3 is 19.1 Å². The second kappa shape index (κ2) is 12.9. The Balaban J connectivity index is 0. The molecule has 0 saturated heterocycles. The van der Waals surface area contributed by atoms with Gasteiger partial charge >= 0.3 is 11.9 Å². The van der Waals surface area contributed by atoms with Crippen molar-refractivity contribution in [1.29, 1.82) is 0 Å². The van der Waals surface area contributed by atoms with E-state index >= 15 is 0 Å². The molecule has 0 aromatic carbocycles.